The van der Waals surface area contributed by atoms with Gasteiger partial charge in [-0.1, -0.05) is 11.6 Å². The molecule has 0 saturated carbocycles. The molecule has 1 aliphatic heterocycles. The van der Waals surface area contributed by atoms with Crippen LogP contribution in [0, 0.1) is 0 Å². The highest BCUT2D eigenvalue weighted by molar-refractivity contribution is 6.34. The van der Waals surface area contributed by atoms with Crippen molar-refractivity contribution in [2.24, 2.45) is 0 Å². The van der Waals surface area contributed by atoms with E-state index in [1.54, 1.807) is 18.2 Å². The number of rotatable bonds is 5. The monoisotopic (exact) mass is 346 g/mol. The van der Waals surface area contributed by atoms with Crippen LogP contribution in [0.2, 0.25) is 5.02 Å². The number of amides is 3. The van der Waals surface area contributed by atoms with E-state index < -0.39 is 0 Å². The number of nitrogens with one attached hydrogen (secondary N) is 3. The van der Waals surface area contributed by atoms with Crippen LogP contribution < -0.4 is 20.9 Å². The SMILES string of the molecule is CNC(C)CNC(=O)c1ccc(Cl)c(N2CCNC2=O)c1.Cl. The molecule has 1 aromatic rings. The van der Waals surface area contributed by atoms with Crippen LogP contribution in [0.1, 0.15) is 17.3 Å². The van der Waals surface area contributed by atoms with Crippen molar-refractivity contribution < 1.29 is 9.59 Å². The van der Waals surface area contributed by atoms with E-state index in [9.17, 15) is 9.59 Å². The Balaban J connectivity index is 0.00000242. The summed E-state index contributed by atoms with van der Waals surface area (Å²) in [7, 11) is 1.84. The van der Waals surface area contributed by atoms with Gasteiger partial charge in [0, 0.05) is 31.2 Å². The van der Waals surface area contributed by atoms with Gasteiger partial charge in [-0.05, 0) is 32.2 Å². The molecule has 1 aliphatic rings. The van der Waals surface area contributed by atoms with E-state index in [0.29, 0.717) is 35.9 Å². The number of carbonyl (C=O) groups excluding carboxylic acids is 2. The van der Waals surface area contributed by atoms with Crippen molar-refractivity contribution in [1.82, 2.24) is 16.0 Å². The molecule has 3 amide bonds. The van der Waals surface area contributed by atoms with Gasteiger partial charge in [0.2, 0.25) is 0 Å². The summed E-state index contributed by atoms with van der Waals surface area (Å²) in [6.07, 6.45) is 0. The molecule has 0 aromatic heterocycles. The van der Waals surface area contributed by atoms with Gasteiger partial charge >= 0.3 is 6.03 Å². The molecule has 1 atom stereocenters. The maximum atomic E-state index is 12.1. The number of carbonyl (C=O) groups is 2. The highest BCUT2D eigenvalue weighted by Crippen LogP contribution is 2.28. The van der Waals surface area contributed by atoms with Crippen LogP contribution in [0.5, 0.6) is 0 Å². The zero-order valence-corrected chi connectivity index (χ0v) is 14.1. The summed E-state index contributed by atoms with van der Waals surface area (Å²) in [5.74, 6) is -0.186. The molecule has 22 heavy (non-hydrogen) atoms. The van der Waals surface area contributed by atoms with Gasteiger partial charge in [0.1, 0.15) is 0 Å². The molecule has 0 aliphatic carbocycles. The lowest BCUT2D eigenvalue weighted by Gasteiger charge is -2.17. The average Bonchev–Trinajstić information content (AvgIpc) is 2.90. The third-order valence-electron chi connectivity index (χ3n) is 3.42. The van der Waals surface area contributed by atoms with E-state index in [1.165, 1.54) is 4.90 Å². The Kier molecular flexibility index (Phi) is 6.93. The molecule has 0 bridgehead atoms. The second kappa shape index (κ2) is 8.22. The fourth-order valence-corrected chi connectivity index (χ4v) is 2.23. The lowest BCUT2D eigenvalue weighted by molar-refractivity contribution is 0.0950. The van der Waals surface area contributed by atoms with Crippen molar-refractivity contribution in [3.63, 3.8) is 0 Å². The first-order valence-corrected chi connectivity index (χ1v) is 7.21. The molecule has 2 rings (SSSR count). The van der Waals surface area contributed by atoms with Crippen LogP contribution in [0.15, 0.2) is 18.2 Å². The first-order chi connectivity index (χ1) is 10.0. The standard InChI is InChI=1S/C14H19ClN4O2.ClH/c1-9(16-2)8-18-13(20)10-3-4-11(15)12(7-10)19-6-5-17-14(19)21;/h3-4,7,9,16H,5-6,8H2,1-2H3,(H,17,21)(H,18,20);1H. The number of halogens is 2. The Morgan fingerprint density at radius 2 is 2.23 bits per heavy atom. The van der Waals surface area contributed by atoms with E-state index in [-0.39, 0.29) is 30.4 Å². The summed E-state index contributed by atoms with van der Waals surface area (Å²) in [6, 6.07) is 4.92. The number of anilines is 1. The number of urea groups is 1. The Hall–Kier alpha value is -1.50. The fourth-order valence-electron chi connectivity index (χ4n) is 2.01. The van der Waals surface area contributed by atoms with Crippen LogP contribution in [0.3, 0.4) is 0 Å². The molecule has 8 heteroatoms. The summed E-state index contributed by atoms with van der Waals surface area (Å²) in [6.45, 7) is 3.62. The molecule has 0 radical (unpaired) electrons. The molecule has 122 valence electrons. The zero-order valence-electron chi connectivity index (χ0n) is 12.5. The lowest BCUT2D eigenvalue weighted by atomic mass is 10.1. The van der Waals surface area contributed by atoms with Gasteiger partial charge in [0.15, 0.2) is 0 Å². The molecule has 1 unspecified atom stereocenters. The van der Waals surface area contributed by atoms with Crippen LogP contribution in [0.4, 0.5) is 10.5 Å². The molecule has 1 saturated heterocycles. The van der Waals surface area contributed by atoms with Gasteiger partial charge in [0.25, 0.3) is 5.91 Å². The van der Waals surface area contributed by atoms with Gasteiger partial charge in [-0.2, -0.15) is 0 Å². The van der Waals surface area contributed by atoms with E-state index in [4.69, 9.17) is 11.6 Å². The summed E-state index contributed by atoms with van der Waals surface area (Å²) in [5.41, 5.74) is 1.04. The van der Waals surface area contributed by atoms with Gasteiger partial charge < -0.3 is 16.0 Å². The topological polar surface area (TPSA) is 73.5 Å². The summed E-state index contributed by atoms with van der Waals surface area (Å²) >= 11 is 6.13. The highest BCUT2D eigenvalue weighted by atomic mass is 35.5. The van der Waals surface area contributed by atoms with Gasteiger partial charge in [-0.3, -0.25) is 9.69 Å². The Morgan fingerprint density at radius 3 is 2.82 bits per heavy atom. The molecular weight excluding hydrogens is 327 g/mol. The molecule has 0 spiro atoms. The molecule has 1 aromatic carbocycles. The van der Waals surface area contributed by atoms with Crippen molar-refractivity contribution in [3.05, 3.63) is 28.8 Å². The smallest absolute Gasteiger partial charge is 0.322 e. The number of hydrogen-bond donors (Lipinski definition) is 3. The predicted octanol–water partition coefficient (Wildman–Crippen LogP) is 1.63. The predicted molar refractivity (Wildman–Crippen MR) is 90.3 cm³/mol. The third kappa shape index (κ3) is 4.25. The van der Waals surface area contributed by atoms with Crippen molar-refractivity contribution in [1.29, 1.82) is 0 Å². The third-order valence-corrected chi connectivity index (χ3v) is 3.74. The first kappa shape index (κ1) is 18.5. The minimum atomic E-state index is -0.196. The number of hydrogen-bond acceptors (Lipinski definition) is 3. The van der Waals surface area contributed by atoms with Crippen molar-refractivity contribution in [3.8, 4) is 0 Å². The first-order valence-electron chi connectivity index (χ1n) is 6.83. The van der Waals surface area contributed by atoms with Crippen LogP contribution in [0.25, 0.3) is 0 Å². The van der Waals surface area contributed by atoms with E-state index in [0.717, 1.165) is 0 Å². The normalized spacial score (nSPS) is 15.0. The maximum absolute atomic E-state index is 12.1. The quantitative estimate of drug-likeness (QED) is 0.758. The van der Waals surface area contributed by atoms with Crippen molar-refractivity contribution in [2.45, 2.75) is 13.0 Å². The van der Waals surface area contributed by atoms with Crippen LogP contribution in [-0.2, 0) is 0 Å². The summed E-state index contributed by atoms with van der Waals surface area (Å²) in [4.78, 5) is 25.4. The molecule has 6 nitrogen and oxygen atoms in total. The Morgan fingerprint density at radius 1 is 1.50 bits per heavy atom. The summed E-state index contributed by atoms with van der Waals surface area (Å²) < 4.78 is 0. The second-order valence-corrected chi connectivity index (χ2v) is 5.36. The fraction of sp³-hybridized carbons (Fsp3) is 0.429. The zero-order chi connectivity index (χ0) is 15.4. The molecule has 1 heterocycles. The minimum Gasteiger partial charge on any atom is -0.350 e. The van der Waals surface area contributed by atoms with Crippen molar-refractivity contribution in [2.75, 3.05) is 31.6 Å². The number of nitrogens with zero attached hydrogens (tertiary/aromatic N) is 1. The van der Waals surface area contributed by atoms with Crippen LogP contribution >= 0.6 is 24.0 Å². The largest absolute Gasteiger partial charge is 0.350 e. The van der Waals surface area contributed by atoms with Gasteiger partial charge in [-0.25, -0.2) is 4.79 Å². The van der Waals surface area contributed by atoms with E-state index in [1.807, 2.05) is 14.0 Å². The van der Waals surface area contributed by atoms with Crippen molar-refractivity contribution >= 4 is 41.6 Å². The minimum absolute atomic E-state index is 0. The van der Waals surface area contributed by atoms with E-state index in [2.05, 4.69) is 16.0 Å². The maximum Gasteiger partial charge on any atom is 0.322 e. The van der Waals surface area contributed by atoms with Crippen LogP contribution in [-0.4, -0.2) is 44.7 Å². The second-order valence-electron chi connectivity index (χ2n) is 4.95. The summed E-state index contributed by atoms with van der Waals surface area (Å²) in [5, 5.41) is 9.04. The average molecular weight is 347 g/mol. The molecule has 1 fully saturated rings. The molecule has 3 N–H and O–H groups in total. The van der Waals surface area contributed by atoms with Gasteiger partial charge in [-0.15, -0.1) is 12.4 Å². The highest BCUT2D eigenvalue weighted by Gasteiger charge is 2.24. The number of benzene rings is 1. The Bertz CT molecular complexity index is 554. The van der Waals surface area contributed by atoms with Gasteiger partial charge in [0.05, 0.1) is 10.7 Å². The Labute approximate surface area is 141 Å². The lowest BCUT2D eigenvalue weighted by Crippen LogP contribution is -2.37. The van der Waals surface area contributed by atoms with E-state index >= 15 is 0 Å². The number of likely N-dealkylation sites (N-methyl/N-ethyl adjacent to an activating group) is 1. The molecular formula is C14H20Cl2N4O2.